The first-order valence-corrected chi connectivity index (χ1v) is 10.1. The topological polar surface area (TPSA) is 81.7 Å². The molecule has 2 aromatic carbocycles. The molecule has 4 aromatic rings. The van der Waals surface area contributed by atoms with Crippen molar-refractivity contribution in [2.24, 2.45) is 5.73 Å². The van der Waals surface area contributed by atoms with Crippen LogP contribution in [0.1, 0.15) is 33.4 Å². The predicted molar refractivity (Wildman–Crippen MR) is 131 cm³/mol. The largest absolute Gasteiger partial charge is 0.485 e. The Kier molecular flexibility index (Phi) is 9.37. The molecule has 0 aliphatic rings. The fourth-order valence-electron chi connectivity index (χ4n) is 3.55. The molecule has 1 atom stereocenters. The Morgan fingerprint density at radius 3 is 2.38 bits per heavy atom. The average molecular weight is 509 g/mol. The van der Waals surface area contributed by atoms with E-state index in [9.17, 15) is 13.6 Å². The Labute approximate surface area is 208 Å². The lowest BCUT2D eigenvalue weighted by atomic mass is 10.1. The summed E-state index contributed by atoms with van der Waals surface area (Å²) in [5.74, 6) is -1.42. The summed E-state index contributed by atoms with van der Waals surface area (Å²) in [5, 5.41) is 2.95. The number of carbonyl (C=O) groups excluding carboxylic acids is 1. The number of ether oxygens (including phenoxy) is 1. The van der Waals surface area contributed by atoms with Gasteiger partial charge in [0.1, 0.15) is 23.9 Å². The second kappa shape index (κ2) is 11.8. The molecule has 1 unspecified atom stereocenters. The zero-order valence-electron chi connectivity index (χ0n) is 18.2. The molecule has 0 aliphatic carbocycles. The molecule has 3 N–H and O–H groups in total. The molecule has 180 valence electrons. The van der Waals surface area contributed by atoms with Crippen LogP contribution in [0.2, 0.25) is 0 Å². The van der Waals surface area contributed by atoms with Gasteiger partial charge < -0.3 is 15.8 Å². The number of amides is 1. The zero-order valence-corrected chi connectivity index (χ0v) is 19.8. The molecule has 2 heterocycles. The van der Waals surface area contributed by atoms with Crippen molar-refractivity contribution in [3.63, 3.8) is 0 Å². The lowest BCUT2D eigenvalue weighted by molar-refractivity contribution is 0.0931. The van der Waals surface area contributed by atoms with Crippen LogP contribution < -0.4 is 15.8 Å². The Morgan fingerprint density at radius 1 is 1.06 bits per heavy atom. The Hall–Kier alpha value is -3.20. The first-order chi connectivity index (χ1) is 15.5. The van der Waals surface area contributed by atoms with E-state index < -0.39 is 11.6 Å². The van der Waals surface area contributed by atoms with Gasteiger partial charge in [0, 0.05) is 12.7 Å². The van der Waals surface area contributed by atoms with Gasteiger partial charge in [0.15, 0.2) is 11.4 Å². The van der Waals surface area contributed by atoms with Gasteiger partial charge in [0.05, 0.1) is 17.3 Å². The van der Waals surface area contributed by atoms with Crippen molar-refractivity contribution in [2.75, 3.05) is 6.54 Å². The van der Waals surface area contributed by atoms with E-state index in [2.05, 4.69) is 10.3 Å². The smallest absolute Gasteiger partial charge is 0.270 e. The highest BCUT2D eigenvalue weighted by Crippen LogP contribution is 2.24. The van der Waals surface area contributed by atoms with Crippen LogP contribution in [0.3, 0.4) is 0 Å². The van der Waals surface area contributed by atoms with Crippen molar-refractivity contribution in [1.29, 1.82) is 0 Å². The van der Waals surface area contributed by atoms with Gasteiger partial charge in [-0.15, -0.1) is 24.8 Å². The van der Waals surface area contributed by atoms with E-state index in [0.717, 1.165) is 5.56 Å². The summed E-state index contributed by atoms with van der Waals surface area (Å²) >= 11 is 0. The number of aromatic nitrogens is 2. The molecule has 34 heavy (non-hydrogen) atoms. The van der Waals surface area contributed by atoms with Gasteiger partial charge >= 0.3 is 0 Å². The molecule has 0 spiro atoms. The molecular weight excluding hydrogens is 485 g/mol. The number of nitrogens with two attached hydrogens (primary N) is 1. The molecule has 0 aliphatic heterocycles. The molecule has 0 fully saturated rings. The number of imidazole rings is 1. The summed E-state index contributed by atoms with van der Waals surface area (Å²) in [6.45, 7) is 1.63. The molecule has 0 bridgehead atoms. The van der Waals surface area contributed by atoms with E-state index in [1.807, 2.05) is 30.3 Å². The Bertz CT molecular complexity index is 1250. The predicted octanol–water partition coefficient (Wildman–Crippen LogP) is 4.77. The molecule has 4 rings (SSSR count). The highest BCUT2D eigenvalue weighted by molar-refractivity contribution is 5.95. The first kappa shape index (κ1) is 27.0. The number of hydrogen-bond donors (Lipinski definition) is 2. The van der Waals surface area contributed by atoms with Crippen LogP contribution in [0.5, 0.6) is 5.75 Å². The second-order valence-electron chi connectivity index (χ2n) is 7.27. The summed E-state index contributed by atoms with van der Waals surface area (Å²) in [6, 6.07) is 16.0. The second-order valence-corrected chi connectivity index (χ2v) is 7.27. The van der Waals surface area contributed by atoms with Gasteiger partial charge in [-0.1, -0.05) is 36.4 Å². The van der Waals surface area contributed by atoms with Crippen molar-refractivity contribution < 1.29 is 18.3 Å². The van der Waals surface area contributed by atoms with Crippen LogP contribution in [0.4, 0.5) is 8.78 Å². The minimum Gasteiger partial charge on any atom is -0.485 e. The molecule has 10 heteroatoms. The van der Waals surface area contributed by atoms with Gasteiger partial charge in [0.2, 0.25) is 0 Å². The number of pyridine rings is 1. The molecule has 0 saturated heterocycles. The van der Waals surface area contributed by atoms with Crippen LogP contribution in [-0.2, 0) is 6.61 Å². The summed E-state index contributed by atoms with van der Waals surface area (Å²) in [5.41, 5.74) is 7.79. The van der Waals surface area contributed by atoms with Crippen LogP contribution >= 0.6 is 24.8 Å². The SMILES string of the molecule is Cc1nc2c(OCc3c(F)cccc3F)cccn2c1C(=O)NC(CN)c1ccccc1.Cl.Cl. The number of nitrogens with zero attached hydrogens (tertiary/aromatic N) is 2. The maximum atomic E-state index is 13.9. The molecule has 0 radical (unpaired) electrons. The molecule has 6 nitrogen and oxygen atoms in total. The third kappa shape index (κ3) is 5.47. The first-order valence-electron chi connectivity index (χ1n) is 10.1. The Balaban J connectivity index is 0.00000204. The van der Waals surface area contributed by atoms with Crippen LogP contribution in [-0.4, -0.2) is 21.8 Å². The summed E-state index contributed by atoms with van der Waals surface area (Å²) < 4.78 is 35.1. The minimum absolute atomic E-state index is 0. The van der Waals surface area contributed by atoms with E-state index in [-0.39, 0.29) is 55.5 Å². The summed E-state index contributed by atoms with van der Waals surface area (Å²) in [7, 11) is 0. The van der Waals surface area contributed by atoms with Crippen LogP contribution in [0.15, 0.2) is 66.9 Å². The quantitative estimate of drug-likeness (QED) is 0.376. The molecular formula is C24H24Cl2F2N4O2. The number of hydrogen-bond acceptors (Lipinski definition) is 4. The maximum Gasteiger partial charge on any atom is 0.270 e. The fourth-order valence-corrected chi connectivity index (χ4v) is 3.55. The van der Waals surface area contributed by atoms with Crippen LogP contribution in [0.25, 0.3) is 5.65 Å². The van der Waals surface area contributed by atoms with E-state index >= 15 is 0 Å². The number of halogens is 4. The number of carbonyl (C=O) groups is 1. The third-order valence-corrected chi connectivity index (χ3v) is 5.18. The number of aryl methyl sites for hydroxylation is 1. The van der Waals surface area contributed by atoms with Crippen molar-refractivity contribution in [3.05, 3.63) is 101 Å². The average Bonchev–Trinajstić information content (AvgIpc) is 3.14. The molecule has 0 saturated carbocycles. The van der Waals surface area contributed by atoms with Gasteiger partial charge in [-0.05, 0) is 36.8 Å². The fraction of sp³-hybridized carbons (Fsp3) is 0.167. The van der Waals surface area contributed by atoms with Gasteiger partial charge in [0.25, 0.3) is 5.91 Å². The highest BCUT2D eigenvalue weighted by Gasteiger charge is 2.22. The highest BCUT2D eigenvalue weighted by atomic mass is 35.5. The van der Waals surface area contributed by atoms with E-state index in [1.54, 1.807) is 29.7 Å². The van der Waals surface area contributed by atoms with Crippen molar-refractivity contribution in [2.45, 2.75) is 19.6 Å². The monoisotopic (exact) mass is 508 g/mol. The molecule has 1 amide bonds. The number of benzene rings is 2. The minimum atomic E-state index is -0.690. The lowest BCUT2D eigenvalue weighted by Gasteiger charge is -2.17. The van der Waals surface area contributed by atoms with Crippen LogP contribution in [0, 0.1) is 18.6 Å². The van der Waals surface area contributed by atoms with Gasteiger partial charge in [-0.3, -0.25) is 9.20 Å². The summed E-state index contributed by atoms with van der Waals surface area (Å²) in [6.07, 6.45) is 1.68. The van der Waals surface area contributed by atoms with E-state index in [0.29, 0.717) is 22.8 Å². The molecule has 2 aromatic heterocycles. The van der Waals surface area contributed by atoms with Crippen molar-refractivity contribution >= 4 is 36.4 Å². The summed E-state index contributed by atoms with van der Waals surface area (Å²) in [4.78, 5) is 17.6. The van der Waals surface area contributed by atoms with Gasteiger partial charge in [-0.25, -0.2) is 13.8 Å². The van der Waals surface area contributed by atoms with Gasteiger partial charge in [-0.2, -0.15) is 0 Å². The number of rotatable bonds is 7. The normalized spacial score (nSPS) is 11.3. The standard InChI is InChI=1S/C24H22F2N4O2.2ClH/c1-15-22(24(31)29-20(13-27)16-7-3-2-4-8-16)30-12-6-11-21(23(30)28-15)32-14-17-18(25)9-5-10-19(17)26;;/h2-12,20H,13-14,27H2,1H3,(H,29,31);2*1H. The van der Waals surface area contributed by atoms with E-state index in [4.69, 9.17) is 10.5 Å². The number of fused-ring (bicyclic) bond motifs is 1. The maximum absolute atomic E-state index is 13.9. The lowest BCUT2D eigenvalue weighted by Crippen LogP contribution is -2.34. The Morgan fingerprint density at radius 2 is 1.74 bits per heavy atom. The third-order valence-electron chi connectivity index (χ3n) is 5.18. The van der Waals surface area contributed by atoms with Crippen molar-refractivity contribution in [3.8, 4) is 5.75 Å². The van der Waals surface area contributed by atoms with E-state index in [1.165, 1.54) is 18.2 Å². The van der Waals surface area contributed by atoms with Crippen molar-refractivity contribution in [1.82, 2.24) is 14.7 Å². The zero-order chi connectivity index (χ0) is 22.7. The number of nitrogens with one attached hydrogen (secondary N) is 1.